The second kappa shape index (κ2) is 5.60. The van der Waals surface area contributed by atoms with Gasteiger partial charge in [0, 0.05) is 19.0 Å². The van der Waals surface area contributed by atoms with Gasteiger partial charge in [0.2, 0.25) is 5.91 Å². The summed E-state index contributed by atoms with van der Waals surface area (Å²) in [7, 11) is 1.50. The van der Waals surface area contributed by atoms with E-state index in [1.165, 1.54) is 7.11 Å². The molecule has 0 bridgehead atoms. The Kier molecular flexibility index (Phi) is 3.89. The van der Waals surface area contributed by atoms with E-state index in [2.05, 4.69) is 10.6 Å². The van der Waals surface area contributed by atoms with Crippen LogP contribution in [0.2, 0.25) is 0 Å². The van der Waals surface area contributed by atoms with Crippen molar-refractivity contribution >= 4 is 17.5 Å². The molecule has 1 aliphatic rings. The van der Waals surface area contributed by atoms with Gasteiger partial charge in [-0.1, -0.05) is 6.07 Å². The van der Waals surface area contributed by atoms with Crippen molar-refractivity contribution < 1.29 is 14.3 Å². The molecule has 1 aliphatic heterocycles. The lowest BCUT2D eigenvalue weighted by Gasteiger charge is -2.13. The van der Waals surface area contributed by atoms with Gasteiger partial charge < -0.3 is 21.1 Å². The van der Waals surface area contributed by atoms with Crippen molar-refractivity contribution in [1.29, 1.82) is 0 Å². The summed E-state index contributed by atoms with van der Waals surface area (Å²) in [5, 5.41) is 5.55. The minimum atomic E-state index is -0.266. The molecule has 6 nitrogen and oxygen atoms in total. The van der Waals surface area contributed by atoms with Crippen LogP contribution in [0.3, 0.4) is 0 Å². The predicted molar refractivity (Wildman–Crippen MR) is 70.9 cm³/mol. The van der Waals surface area contributed by atoms with Crippen molar-refractivity contribution in [3.05, 3.63) is 23.8 Å². The Hall–Kier alpha value is -2.24. The number of benzene rings is 1. The number of para-hydroxylation sites is 1. The third-order valence-electron chi connectivity index (χ3n) is 3.12. The number of ether oxygens (including phenoxy) is 1. The SMILES string of the molecule is COc1cccc(C(=O)NCC2CCC(=O)N2)c1N. The molecular weight excluding hydrogens is 246 g/mol. The number of nitrogens with two attached hydrogens (primary N) is 1. The summed E-state index contributed by atoms with van der Waals surface area (Å²) < 4.78 is 5.07. The molecule has 2 amide bonds. The zero-order valence-electron chi connectivity index (χ0n) is 10.7. The number of amides is 2. The first kappa shape index (κ1) is 13.2. The van der Waals surface area contributed by atoms with Gasteiger partial charge in [-0.15, -0.1) is 0 Å². The third-order valence-corrected chi connectivity index (χ3v) is 3.12. The van der Waals surface area contributed by atoms with Gasteiger partial charge in [-0.2, -0.15) is 0 Å². The average molecular weight is 263 g/mol. The van der Waals surface area contributed by atoms with E-state index in [0.29, 0.717) is 30.0 Å². The largest absolute Gasteiger partial charge is 0.495 e. The molecule has 6 heteroatoms. The summed E-state index contributed by atoms with van der Waals surface area (Å²) >= 11 is 0. The summed E-state index contributed by atoms with van der Waals surface area (Å²) in [5.41, 5.74) is 6.54. The van der Waals surface area contributed by atoms with Gasteiger partial charge >= 0.3 is 0 Å². The van der Waals surface area contributed by atoms with Gasteiger partial charge in [0.05, 0.1) is 18.4 Å². The molecule has 4 N–H and O–H groups in total. The summed E-state index contributed by atoms with van der Waals surface area (Å²) in [6.07, 6.45) is 1.26. The summed E-state index contributed by atoms with van der Waals surface area (Å²) in [5.74, 6) is 0.236. The smallest absolute Gasteiger partial charge is 0.253 e. The van der Waals surface area contributed by atoms with Crippen molar-refractivity contribution in [1.82, 2.24) is 10.6 Å². The molecule has 0 spiro atoms. The second-order valence-corrected chi connectivity index (χ2v) is 4.43. The van der Waals surface area contributed by atoms with Crippen molar-refractivity contribution in [2.45, 2.75) is 18.9 Å². The van der Waals surface area contributed by atoms with Gasteiger partial charge in [0.15, 0.2) is 0 Å². The van der Waals surface area contributed by atoms with E-state index in [9.17, 15) is 9.59 Å². The molecule has 102 valence electrons. The molecule has 1 heterocycles. The highest BCUT2D eigenvalue weighted by molar-refractivity contribution is 6.00. The maximum absolute atomic E-state index is 12.0. The van der Waals surface area contributed by atoms with E-state index in [1.807, 2.05) is 0 Å². The van der Waals surface area contributed by atoms with Crippen LogP contribution in [0.25, 0.3) is 0 Å². The van der Waals surface area contributed by atoms with Crippen LogP contribution in [0.4, 0.5) is 5.69 Å². The zero-order chi connectivity index (χ0) is 13.8. The molecule has 19 heavy (non-hydrogen) atoms. The van der Waals surface area contributed by atoms with Gasteiger partial charge in [0.25, 0.3) is 5.91 Å². The molecule has 0 aromatic heterocycles. The quantitative estimate of drug-likeness (QED) is 0.680. The fraction of sp³-hybridized carbons (Fsp3) is 0.385. The monoisotopic (exact) mass is 263 g/mol. The predicted octanol–water partition coefficient (Wildman–Crippen LogP) is 0.286. The normalized spacial score (nSPS) is 17.9. The minimum absolute atomic E-state index is 0.00304. The van der Waals surface area contributed by atoms with Crippen LogP contribution >= 0.6 is 0 Å². The van der Waals surface area contributed by atoms with Crippen LogP contribution < -0.4 is 21.1 Å². The topological polar surface area (TPSA) is 93.4 Å². The number of carbonyl (C=O) groups is 2. The molecule has 0 saturated carbocycles. The van der Waals surface area contributed by atoms with Gasteiger partial charge in [-0.05, 0) is 18.6 Å². The Balaban J connectivity index is 1.98. The Morgan fingerprint density at radius 1 is 1.58 bits per heavy atom. The van der Waals surface area contributed by atoms with Crippen molar-refractivity contribution in [2.75, 3.05) is 19.4 Å². The summed E-state index contributed by atoms with van der Waals surface area (Å²) in [6.45, 7) is 0.404. The number of nitrogen functional groups attached to an aromatic ring is 1. The molecule has 1 fully saturated rings. The molecular formula is C13H17N3O3. The molecule has 1 unspecified atom stereocenters. The highest BCUT2D eigenvalue weighted by Crippen LogP contribution is 2.24. The van der Waals surface area contributed by atoms with Crippen LogP contribution in [0, 0.1) is 0 Å². The van der Waals surface area contributed by atoms with Crippen LogP contribution in [-0.4, -0.2) is 31.5 Å². The van der Waals surface area contributed by atoms with Crippen LogP contribution in [0.15, 0.2) is 18.2 Å². The van der Waals surface area contributed by atoms with Crippen LogP contribution in [0.1, 0.15) is 23.2 Å². The zero-order valence-corrected chi connectivity index (χ0v) is 10.7. The first-order valence-corrected chi connectivity index (χ1v) is 6.12. The van der Waals surface area contributed by atoms with E-state index < -0.39 is 0 Å². The van der Waals surface area contributed by atoms with Crippen molar-refractivity contribution in [3.63, 3.8) is 0 Å². The first-order chi connectivity index (χ1) is 9.11. The van der Waals surface area contributed by atoms with E-state index in [-0.39, 0.29) is 17.9 Å². The number of methoxy groups -OCH3 is 1. The molecule has 1 atom stereocenters. The second-order valence-electron chi connectivity index (χ2n) is 4.43. The summed E-state index contributed by atoms with van der Waals surface area (Å²) in [6, 6.07) is 5.05. The molecule has 1 aromatic rings. The van der Waals surface area contributed by atoms with E-state index in [4.69, 9.17) is 10.5 Å². The summed E-state index contributed by atoms with van der Waals surface area (Å²) in [4.78, 5) is 23.1. The standard InChI is InChI=1S/C13H17N3O3/c1-19-10-4-2-3-9(12(10)14)13(18)15-7-8-5-6-11(17)16-8/h2-4,8H,5-7,14H2,1H3,(H,15,18)(H,16,17). The Morgan fingerprint density at radius 2 is 2.37 bits per heavy atom. The number of carbonyl (C=O) groups excluding carboxylic acids is 2. The van der Waals surface area contributed by atoms with Crippen LogP contribution in [-0.2, 0) is 4.79 Å². The number of nitrogens with one attached hydrogen (secondary N) is 2. The Bertz CT molecular complexity index is 502. The fourth-order valence-corrected chi connectivity index (χ4v) is 2.06. The third kappa shape index (κ3) is 2.96. The Labute approximate surface area is 111 Å². The number of hydrogen-bond donors (Lipinski definition) is 3. The number of hydrogen-bond acceptors (Lipinski definition) is 4. The van der Waals surface area contributed by atoms with E-state index in [0.717, 1.165) is 6.42 Å². The van der Waals surface area contributed by atoms with Gasteiger partial charge in [-0.3, -0.25) is 9.59 Å². The highest BCUT2D eigenvalue weighted by atomic mass is 16.5. The fourth-order valence-electron chi connectivity index (χ4n) is 2.06. The lowest BCUT2D eigenvalue weighted by Crippen LogP contribution is -2.38. The number of anilines is 1. The first-order valence-electron chi connectivity index (χ1n) is 6.12. The van der Waals surface area contributed by atoms with E-state index in [1.54, 1.807) is 18.2 Å². The molecule has 0 aliphatic carbocycles. The maximum atomic E-state index is 12.0. The average Bonchev–Trinajstić information content (AvgIpc) is 2.82. The van der Waals surface area contributed by atoms with Crippen molar-refractivity contribution in [2.24, 2.45) is 0 Å². The lowest BCUT2D eigenvalue weighted by molar-refractivity contribution is -0.119. The van der Waals surface area contributed by atoms with Gasteiger partial charge in [-0.25, -0.2) is 0 Å². The Morgan fingerprint density at radius 3 is 3.00 bits per heavy atom. The highest BCUT2D eigenvalue weighted by Gasteiger charge is 2.21. The lowest BCUT2D eigenvalue weighted by atomic mass is 10.1. The molecule has 1 aromatic carbocycles. The van der Waals surface area contributed by atoms with Gasteiger partial charge in [0.1, 0.15) is 5.75 Å². The number of rotatable bonds is 4. The molecule has 0 radical (unpaired) electrons. The molecule has 1 saturated heterocycles. The van der Waals surface area contributed by atoms with Crippen LogP contribution in [0.5, 0.6) is 5.75 Å². The van der Waals surface area contributed by atoms with E-state index >= 15 is 0 Å². The van der Waals surface area contributed by atoms with Crippen molar-refractivity contribution in [3.8, 4) is 5.75 Å². The molecule has 2 rings (SSSR count). The maximum Gasteiger partial charge on any atom is 0.253 e. The minimum Gasteiger partial charge on any atom is -0.495 e.